The highest BCUT2D eigenvalue weighted by Gasteiger charge is 2.21. The number of amides is 2. The van der Waals surface area contributed by atoms with Gasteiger partial charge in [-0.15, -0.1) is 0 Å². The van der Waals surface area contributed by atoms with E-state index in [0.717, 1.165) is 22.4 Å². The SMILES string of the molecule is COC(=O)c1cccc(NC(=O)N2CCOc3ccc(COCc4ccc(F)cc4)cc3C2)c1. The van der Waals surface area contributed by atoms with Crippen LogP contribution in [-0.4, -0.2) is 37.2 Å². The van der Waals surface area contributed by atoms with Gasteiger partial charge in [-0.05, 0) is 53.6 Å². The lowest BCUT2D eigenvalue weighted by Gasteiger charge is -2.20. The van der Waals surface area contributed by atoms with E-state index < -0.39 is 5.97 Å². The van der Waals surface area contributed by atoms with Crippen LogP contribution in [0.25, 0.3) is 0 Å². The van der Waals surface area contributed by atoms with Crippen LogP contribution in [-0.2, 0) is 29.2 Å². The van der Waals surface area contributed by atoms with E-state index in [4.69, 9.17) is 14.2 Å². The Labute approximate surface area is 197 Å². The Hall–Kier alpha value is -3.91. The molecule has 1 heterocycles. The molecule has 1 N–H and O–H groups in total. The second kappa shape index (κ2) is 10.8. The predicted octanol–water partition coefficient (Wildman–Crippen LogP) is 4.76. The lowest BCUT2D eigenvalue weighted by molar-refractivity contribution is 0.0600. The average molecular weight is 464 g/mol. The van der Waals surface area contributed by atoms with Crippen LogP contribution in [0.15, 0.2) is 66.7 Å². The van der Waals surface area contributed by atoms with Crippen LogP contribution < -0.4 is 10.1 Å². The fraction of sp³-hybridized carbons (Fsp3) is 0.231. The van der Waals surface area contributed by atoms with Gasteiger partial charge in [0.25, 0.3) is 0 Å². The Bertz CT molecular complexity index is 1170. The minimum Gasteiger partial charge on any atom is -0.491 e. The van der Waals surface area contributed by atoms with Gasteiger partial charge in [-0.1, -0.05) is 24.3 Å². The Morgan fingerprint density at radius 1 is 1.03 bits per heavy atom. The Balaban J connectivity index is 1.39. The minimum atomic E-state index is -0.470. The van der Waals surface area contributed by atoms with E-state index >= 15 is 0 Å². The van der Waals surface area contributed by atoms with Gasteiger partial charge < -0.3 is 24.4 Å². The molecule has 0 aromatic heterocycles. The number of halogens is 1. The molecule has 0 bridgehead atoms. The molecule has 3 aromatic carbocycles. The predicted molar refractivity (Wildman–Crippen MR) is 124 cm³/mol. The molecule has 2 amide bonds. The molecule has 1 aliphatic heterocycles. The zero-order valence-corrected chi connectivity index (χ0v) is 18.8. The van der Waals surface area contributed by atoms with Crippen molar-refractivity contribution in [1.29, 1.82) is 0 Å². The smallest absolute Gasteiger partial charge is 0.337 e. The first-order chi connectivity index (χ1) is 16.5. The van der Waals surface area contributed by atoms with Crippen LogP contribution in [0.3, 0.4) is 0 Å². The van der Waals surface area contributed by atoms with Crippen molar-refractivity contribution in [1.82, 2.24) is 4.90 Å². The van der Waals surface area contributed by atoms with Crippen molar-refractivity contribution in [3.63, 3.8) is 0 Å². The molecule has 3 aromatic rings. The Morgan fingerprint density at radius 3 is 2.59 bits per heavy atom. The molecule has 0 saturated heterocycles. The van der Waals surface area contributed by atoms with E-state index in [1.807, 2.05) is 18.2 Å². The molecular weight excluding hydrogens is 439 g/mol. The van der Waals surface area contributed by atoms with Gasteiger partial charge in [0, 0.05) is 11.3 Å². The third kappa shape index (κ3) is 5.90. The average Bonchev–Trinajstić information content (AvgIpc) is 3.07. The monoisotopic (exact) mass is 464 g/mol. The summed E-state index contributed by atoms with van der Waals surface area (Å²) in [5, 5.41) is 2.83. The van der Waals surface area contributed by atoms with E-state index in [0.29, 0.717) is 44.2 Å². The molecule has 7 nitrogen and oxygen atoms in total. The first-order valence-corrected chi connectivity index (χ1v) is 10.8. The lowest BCUT2D eigenvalue weighted by atomic mass is 10.1. The summed E-state index contributed by atoms with van der Waals surface area (Å²) >= 11 is 0. The van der Waals surface area contributed by atoms with Crippen LogP contribution in [0.5, 0.6) is 5.75 Å². The maximum Gasteiger partial charge on any atom is 0.337 e. The first-order valence-electron chi connectivity index (χ1n) is 10.8. The van der Waals surface area contributed by atoms with Crippen molar-refractivity contribution < 1.29 is 28.2 Å². The molecule has 0 atom stereocenters. The number of esters is 1. The molecule has 1 aliphatic rings. The second-order valence-electron chi connectivity index (χ2n) is 7.83. The second-order valence-corrected chi connectivity index (χ2v) is 7.83. The van der Waals surface area contributed by atoms with Crippen molar-refractivity contribution in [3.05, 3.63) is 94.8 Å². The number of fused-ring (bicyclic) bond motifs is 1. The van der Waals surface area contributed by atoms with Gasteiger partial charge in [-0.3, -0.25) is 0 Å². The molecule has 176 valence electrons. The summed E-state index contributed by atoms with van der Waals surface area (Å²) in [6, 6.07) is 18.3. The van der Waals surface area contributed by atoms with Crippen LogP contribution >= 0.6 is 0 Å². The molecular formula is C26H25FN2O5. The molecule has 4 rings (SSSR count). The van der Waals surface area contributed by atoms with Gasteiger partial charge in [-0.2, -0.15) is 0 Å². The van der Waals surface area contributed by atoms with Crippen molar-refractivity contribution >= 4 is 17.7 Å². The standard InChI is InChI=1S/C26H25FN2O5/c1-32-25(30)20-3-2-4-23(14-20)28-26(31)29-11-12-34-24-10-7-19(13-21(24)15-29)17-33-16-18-5-8-22(27)9-6-18/h2-10,13-14H,11-12,15-17H2,1H3,(H,28,31). The number of hydrogen-bond donors (Lipinski definition) is 1. The van der Waals surface area contributed by atoms with Gasteiger partial charge in [0.05, 0.1) is 39.0 Å². The molecule has 0 saturated carbocycles. The number of anilines is 1. The summed E-state index contributed by atoms with van der Waals surface area (Å²) in [7, 11) is 1.31. The number of carbonyl (C=O) groups excluding carboxylic acids is 2. The number of ether oxygens (including phenoxy) is 3. The van der Waals surface area contributed by atoms with Crippen molar-refractivity contribution in [3.8, 4) is 5.75 Å². The summed E-state index contributed by atoms with van der Waals surface area (Å²) in [4.78, 5) is 26.3. The first kappa shape index (κ1) is 23.3. The van der Waals surface area contributed by atoms with E-state index in [-0.39, 0.29) is 11.8 Å². The topological polar surface area (TPSA) is 77.1 Å². The zero-order valence-electron chi connectivity index (χ0n) is 18.8. The molecule has 0 aliphatic carbocycles. The third-order valence-corrected chi connectivity index (χ3v) is 5.38. The normalized spacial score (nSPS) is 12.8. The summed E-state index contributed by atoms with van der Waals surface area (Å²) in [6.45, 7) is 1.88. The number of benzene rings is 3. The van der Waals surface area contributed by atoms with Gasteiger partial charge in [0.1, 0.15) is 18.2 Å². The van der Waals surface area contributed by atoms with E-state index in [2.05, 4.69) is 5.32 Å². The Kier molecular flexibility index (Phi) is 7.39. The van der Waals surface area contributed by atoms with Gasteiger partial charge >= 0.3 is 12.0 Å². The van der Waals surface area contributed by atoms with Gasteiger partial charge in [0.15, 0.2) is 0 Å². The highest BCUT2D eigenvalue weighted by molar-refractivity contribution is 5.94. The van der Waals surface area contributed by atoms with E-state index in [1.165, 1.54) is 19.2 Å². The van der Waals surface area contributed by atoms with Gasteiger partial charge in [-0.25, -0.2) is 14.0 Å². The lowest BCUT2D eigenvalue weighted by Crippen LogP contribution is -2.36. The molecule has 0 radical (unpaired) electrons. The van der Waals surface area contributed by atoms with E-state index in [1.54, 1.807) is 41.3 Å². The van der Waals surface area contributed by atoms with Crippen LogP contribution in [0, 0.1) is 5.82 Å². The number of hydrogen-bond acceptors (Lipinski definition) is 5. The summed E-state index contributed by atoms with van der Waals surface area (Å²) in [5.74, 6) is -0.0214. The highest BCUT2D eigenvalue weighted by atomic mass is 19.1. The maximum absolute atomic E-state index is 13.0. The van der Waals surface area contributed by atoms with Crippen molar-refractivity contribution in [2.45, 2.75) is 19.8 Å². The summed E-state index contributed by atoms with van der Waals surface area (Å²) < 4.78 is 29.4. The third-order valence-electron chi connectivity index (χ3n) is 5.38. The van der Waals surface area contributed by atoms with Crippen LogP contribution in [0.2, 0.25) is 0 Å². The number of carbonyl (C=O) groups is 2. The molecule has 8 heteroatoms. The summed E-state index contributed by atoms with van der Waals surface area (Å²) in [6.07, 6.45) is 0. The number of rotatable bonds is 6. The molecule has 34 heavy (non-hydrogen) atoms. The fourth-order valence-electron chi connectivity index (χ4n) is 3.62. The largest absolute Gasteiger partial charge is 0.491 e. The van der Waals surface area contributed by atoms with Gasteiger partial charge in [0.2, 0.25) is 0 Å². The maximum atomic E-state index is 13.0. The molecule has 0 fully saturated rings. The molecule has 0 unspecified atom stereocenters. The molecule has 0 spiro atoms. The highest BCUT2D eigenvalue weighted by Crippen LogP contribution is 2.25. The summed E-state index contributed by atoms with van der Waals surface area (Å²) in [5.41, 5.74) is 3.56. The fourth-order valence-corrected chi connectivity index (χ4v) is 3.62. The number of nitrogens with one attached hydrogen (secondary N) is 1. The minimum absolute atomic E-state index is 0.278. The van der Waals surface area contributed by atoms with Crippen molar-refractivity contribution in [2.75, 3.05) is 25.6 Å². The number of urea groups is 1. The van der Waals surface area contributed by atoms with Crippen LogP contribution in [0.4, 0.5) is 14.9 Å². The Morgan fingerprint density at radius 2 is 1.79 bits per heavy atom. The quantitative estimate of drug-likeness (QED) is 0.533. The zero-order chi connectivity index (χ0) is 23.9. The number of methoxy groups -OCH3 is 1. The number of nitrogens with zero attached hydrogens (tertiary/aromatic N) is 1. The van der Waals surface area contributed by atoms with Crippen LogP contribution in [0.1, 0.15) is 27.0 Å². The van der Waals surface area contributed by atoms with E-state index in [9.17, 15) is 14.0 Å². The van der Waals surface area contributed by atoms with Crippen molar-refractivity contribution in [2.24, 2.45) is 0 Å².